The van der Waals surface area contributed by atoms with Crippen LogP contribution in [0.3, 0.4) is 0 Å². The highest BCUT2D eigenvalue weighted by molar-refractivity contribution is 5.88. The number of aliphatic carboxylic acids is 1. The summed E-state index contributed by atoms with van der Waals surface area (Å²) in [6.07, 6.45) is 6.32. The third-order valence-corrected chi connectivity index (χ3v) is 1.36. The van der Waals surface area contributed by atoms with Gasteiger partial charge in [0.25, 0.3) is 0 Å². The fraction of sp³-hybridized carbons (Fsp3) is 0.333. The first-order valence-corrected chi connectivity index (χ1v) is 4.13. The van der Waals surface area contributed by atoms with Crippen LogP contribution in [0.15, 0.2) is 24.3 Å². The molecule has 0 aromatic rings. The van der Waals surface area contributed by atoms with Crippen molar-refractivity contribution in [2.75, 3.05) is 6.54 Å². The number of rotatable bonds is 5. The molecule has 0 unspecified atom stereocenters. The molecule has 0 aliphatic rings. The Bertz CT molecular complexity index is 259. The summed E-state index contributed by atoms with van der Waals surface area (Å²) in [6.45, 7) is 1.75. The van der Waals surface area contributed by atoms with E-state index in [0.29, 0.717) is 0 Å². The number of hydrogen-bond acceptors (Lipinski definition) is 3. The first kappa shape index (κ1) is 12.4. The third kappa shape index (κ3) is 5.96. The van der Waals surface area contributed by atoms with Gasteiger partial charge >= 0.3 is 5.97 Å². The van der Waals surface area contributed by atoms with Gasteiger partial charge in [-0.3, -0.25) is 9.59 Å². The molecule has 0 saturated carbocycles. The van der Waals surface area contributed by atoms with Crippen LogP contribution < -0.4 is 11.1 Å². The molecular formula is C9H14N2O3. The molecule has 1 amide bonds. The van der Waals surface area contributed by atoms with Gasteiger partial charge in [0, 0.05) is 12.6 Å². The second kappa shape index (κ2) is 6.85. The molecule has 0 aliphatic carbocycles. The summed E-state index contributed by atoms with van der Waals surface area (Å²) in [7, 11) is 0. The van der Waals surface area contributed by atoms with E-state index in [1.165, 1.54) is 6.08 Å². The number of hydrogen-bond donors (Lipinski definition) is 3. The molecular weight excluding hydrogens is 184 g/mol. The highest BCUT2D eigenvalue weighted by Gasteiger charge is 2.10. The summed E-state index contributed by atoms with van der Waals surface area (Å²) >= 11 is 0. The molecule has 0 bridgehead atoms. The van der Waals surface area contributed by atoms with Crippen molar-refractivity contribution in [2.45, 2.75) is 13.0 Å². The van der Waals surface area contributed by atoms with Crippen LogP contribution in [0.1, 0.15) is 6.92 Å². The average molecular weight is 198 g/mol. The molecule has 0 aliphatic heterocycles. The molecule has 4 N–H and O–H groups in total. The number of nitrogens with one attached hydrogen (secondary N) is 1. The first-order valence-electron chi connectivity index (χ1n) is 4.13. The van der Waals surface area contributed by atoms with Gasteiger partial charge in [0.05, 0.1) is 0 Å². The minimum absolute atomic E-state index is 0.0751. The van der Waals surface area contributed by atoms with Crippen LogP contribution in [0.25, 0.3) is 0 Å². The Morgan fingerprint density at radius 1 is 1.50 bits per heavy atom. The average Bonchev–Trinajstić information content (AvgIpc) is 2.14. The van der Waals surface area contributed by atoms with E-state index in [2.05, 4.69) is 5.32 Å². The van der Waals surface area contributed by atoms with Gasteiger partial charge < -0.3 is 16.2 Å². The zero-order valence-electron chi connectivity index (χ0n) is 7.93. The first-order chi connectivity index (χ1) is 6.57. The monoisotopic (exact) mass is 198 g/mol. The maximum atomic E-state index is 11.0. The highest BCUT2D eigenvalue weighted by Crippen LogP contribution is 1.79. The molecule has 0 spiro atoms. The largest absolute Gasteiger partial charge is 0.480 e. The Balaban J connectivity index is 3.80. The summed E-state index contributed by atoms with van der Waals surface area (Å²) in [4.78, 5) is 21.2. The van der Waals surface area contributed by atoms with Crippen molar-refractivity contribution < 1.29 is 14.7 Å². The van der Waals surface area contributed by atoms with Gasteiger partial charge in [-0.1, -0.05) is 18.2 Å². The van der Waals surface area contributed by atoms with Crippen molar-refractivity contribution in [3.8, 4) is 0 Å². The van der Waals surface area contributed by atoms with Crippen molar-refractivity contribution in [3.05, 3.63) is 24.3 Å². The van der Waals surface area contributed by atoms with E-state index in [9.17, 15) is 9.59 Å². The van der Waals surface area contributed by atoms with Gasteiger partial charge in [0.1, 0.15) is 6.04 Å². The number of carbonyl (C=O) groups excluding carboxylic acids is 1. The lowest BCUT2D eigenvalue weighted by molar-refractivity contribution is -0.138. The summed E-state index contributed by atoms with van der Waals surface area (Å²) in [5.41, 5.74) is 5.17. The van der Waals surface area contributed by atoms with Crippen LogP contribution >= 0.6 is 0 Å². The Kier molecular flexibility index (Phi) is 6.06. The van der Waals surface area contributed by atoms with Gasteiger partial charge in [-0.15, -0.1) is 0 Å². The normalized spacial score (nSPS) is 13.3. The van der Waals surface area contributed by atoms with Crippen molar-refractivity contribution in [1.29, 1.82) is 0 Å². The summed E-state index contributed by atoms with van der Waals surface area (Å²) in [5, 5.41) is 10.8. The molecule has 5 heteroatoms. The molecule has 78 valence electrons. The molecule has 5 nitrogen and oxygen atoms in total. The van der Waals surface area contributed by atoms with E-state index < -0.39 is 12.0 Å². The summed E-state index contributed by atoms with van der Waals surface area (Å²) in [5.74, 6) is -1.50. The zero-order chi connectivity index (χ0) is 11.0. The van der Waals surface area contributed by atoms with Crippen LogP contribution in [-0.4, -0.2) is 29.6 Å². The number of allylic oxidation sites excluding steroid dienone is 3. The van der Waals surface area contributed by atoms with E-state index in [1.807, 2.05) is 6.92 Å². The van der Waals surface area contributed by atoms with Gasteiger partial charge in [-0.2, -0.15) is 0 Å². The molecule has 1 atom stereocenters. The van der Waals surface area contributed by atoms with E-state index in [1.54, 1.807) is 18.2 Å². The number of carboxylic acid groups (broad SMARTS) is 1. The van der Waals surface area contributed by atoms with Crippen molar-refractivity contribution in [1.82, 2.24) is 5.32 Å². The third-order valence-electron chi connectivity index (χ3n) is 1.36. The number of amides is 1. The molecule has 0 heterocycles. The van der Waals surface area contributed by atoms with E-state index in [4.69, 9.17) is 10.8 Å². The number of carboxylic acids is 1. The predicted molar refractivity (Wildman–Crippen MR) is 52.6 cm³/mol. The topological polar surface area (TPSA) is 92.4 Å². The van der Waals surface area contributed by atoms with Crippen LogP contribution in [0, 0.1) is 0 Å². The van der Waals surface area contributed by atoms with Gasteiger partial charge in [-0.25, -0.2) is 0 Å². The van der Waals surface area contributed by atoms with Gasteiger partial charge in [0.15, 0.2) is 0 Å². The second-order valence-electron chi connectivity index (χ2n) is 2.57. The molecule has 0 aromatic heterocycles. The van der Waals surface area contributed by atoms with E-state index in [-0.39, 0.29) is 12.5 Å². The Morgan fingerprint density at radius 2 is 2.14 bits per heavy atom. The molecule has 0 fully saturated rings. The van der Waals surface area contributed by atoms with Crippen LogP contribution in [0.4, 0.5) is 0 Å². The Labute approximate surface area is 82.3 Å². The van der Waals surface area contributed by atoms with Crippen LogP contribution in [-0.2, 0) is 9.59 Å². The lowest BCUT2D eigenvalue weighted by atomic mass is 10.3. The lowest BCUT2D eigenvalue weighted by Crippen LogP contribution is -2.41. The van der Waals surface area contributed by atoms with Crippen molar-refractivity contribution >= 4 is 11.9 Å². The number of nitrogens with two attached hydrogens (primary N) is 1. The predicted octanol–water partition coefficient (Wildman–Crippen LogP) is -0.353. The van der Waals surface area contributed by atoms with Gasteiger partial charge in [-0.05, 0) is 6.92 Å². The standard InChI is InChI=1S/C9H14N2O3/c1-2-3-4-5-8(12)11-6-7(10)9(13)14/h2-5,7H,6,10H2,1H3,(H,11,12)(H,13,14)/b3-2+,5-4+/t7-/m0/s1. The molecule has 0 aromatic carbocycles. The molecule has 14 heavy (non-hydrogen) atoms. The van der Waals surface area contributed by atoms with Gasteiger partial charge in [0.2, 0.25) is 5.91 Å². The zero-order valence-corrected chi connectivity index (χ0v) is 7.93. The maximum Gasteiger partial charge on any atom is 0.322 e. The minimum Gasteiger partial charge on any atom is -0.480 e. The Morgan fingerprint density at radius 3 is 2.64 bits per heavy atom. The summed E-state index contributed by atoms with van der Waals surface area (Å²) in [6, 6.07) is -1.06. The van der Waals surface area contributed by atoms with Crippen LogP contribution in [0.5, 0.6) is 0 Å². The van der Waals surface area contributed by atoms with E-state index in [0.717, 1.165) is 0 Å². The highest BCUT2D eigenvalue weighted by atomic mass is 16.4. The van der Waals surface area contributed by atoms with Crippen molar-refractivity contribution in [2.24, 2.45) is 5.73 Å². The summed E-state index contributed by atoms with van der Waals surface area (Å²) < 4.78 is 0. The second-order valence-corrected chi connectivity index (χ2v) is 2.57. The fourth-order valence-corrected chi connectivity index (χ4v) is 0.611. The number of carbonyl (C=O) groups is 2. The molecule has 0 radical (unpaired) electrons. The van der Waals surface area contributed by atoms with Crippen molar-refractivity contribution in [3.63, 3.8) is 0 Å². The molecule has 0 rings (SSSR count). The quantitative estimate of drug-likeness (QED) is 0.415. The minimum atomic E-state index is -1.14. The molecule has 0 saturated heterocycles. The van der Waals surface area contributed by atoms with Crippen LogP contribution in [0.2, 0.25) is 0 Å². The van der Waals surface area contributed by atoms with E-state index >= 15 is 0 Å². The fourth-order valence-electron chi connectivity index (χ4n) is 0.611. The maximum absolute atomic E-state index is 11.0. The Hall–Kier alpha value is -1.62. The lowest BCUT2D eigenvalue weighted by Gasteiger charge is -2.05. The SMILES string of the molecule is C/C=C/C=C/C(=O)NC[C@H](N)C(=O)O. The smallest absolute Gasteiger partial charge is 0.322 e.